The fraction of sp³-hybridized carbons (Fsp3) is 0.802. The Morgan fingerprint density at radius 3 is 0.812 bits per heavy atom. The SMILES string of the molecule is CC/C=C\C/C=C\C/C=C\C/C=C\C/C=C\CCCCCCCCCCCCCCCCCCCCCCCCCCCC(=O)OC(COC(=O)CCCCCCCCCCCCCCCCCCCCCCCCCC/C=C\C/C=C\C/C=C\CCCCCCC)COP(=O)(O)OCCN. The molecule has 0 amide bonds. The van der Waals surface area contributed by atoms with Gasteiger partial charge in [0, 0.05) is 19.4 Å². The number of phosphoric acid groups is 1. The van der Waals surface area contributed by atoms with Crippen LogP contribution >= 0.6 is 7.82 Å². The third-order valence-corrected chi connectivity index (χ3v) is 20.4. The van der Waals surface area contributed by atoms with Crippen molar-refractivity contribution < 1.29 is 37.6 Å². The molecule has 0 rings (SSSR count). The summed E-state index contributed by atoms with van der Waals surface area (Å²) < 4.78 is 33.3. The Labute approximate surface area is 627 Å². The maximum Gasteiger partial charge on any atom is 0.472 e. The number of carbonyl (C=O) groups excluding carboxylic acids is 2. The minimum atomic E-state index is -4.40. The predicted octanol–water partition coefficient (Wildman–Crippen LogP) is 29.8. The number of allylic oxidation sites excluding steroid dienone is 16. The molecule has 9 nitrogen and oxygen atoms in total. The van der Waals surface area contributed by atoms with E-state index in [1.54, 1.807) is 0 Å². The van der Waals surface area contributed by atoms with E-state index in [1.165, 1.54) is 327 Å². The van der Waals surface area contributed by atoms with Gasteiger partial charge in [0.1, 0.15) is 6.61 Å². The second kappa shape index (κ2) is 85.9. The molecular formula is C91H166NO8P. The van der Waals surface area contributed by atoms with Crippen LogP contribution in [0.3, 0.4) is 0 Å². The van der Waals surface area contributed by atoms with Gasteiger partial charge in [-0.05, 0) is 96.3 Å². The van der Waals surface area contributed by atoms with Crippen LogP contribution in [0, 0.1) is 0 Å². The normalized spacial score (nSPS) is 13.3. The van der Waals surface area contributed by atoms with E-state index < -0.39 is 26.5 Å². The van der Waals surface area contributed by atoms with E-state index >= 15 is 0 Å². The molecule has 0 aromatic heterocycles. The lowest BCUT2D eigenvalue weighted by Gasteiger charge is -2.19. The summed E-state index contributed by atoms with van der Waals surface area (Å²) in [7, 11) is -4.40. The van der Waals surface area contributed by atoms with Crippen LogP contribution in [-0.2, 0) is 32.7 Å². The Morgan fingerprint density at radius 2 is 0.545 bits per heavy atom. The van der Waals surface area contributed by atoms with Crippen LogP contribution in [0.5, 0.6) is 0 Å². The lowest BCUT2D eigenvalue weighted by molar-refractivity contribution is -0.161. The molecule has 0 fully saturated rings. The molecule has 0 spiro atoms. The van der Waals surface area contributed by atoms with Gasteiger partial charge in [0.05, 0.1) is 13.2 Å². The van der Waals surface area contributed by atoms with Crippen LogP contribution in [0.15, 0.2) is 97.2 Å². The number of carbonyl (C=O) groups is 2. The van der Waals surface area contributed by atoms with Gasteiger partial charge in [0.15, 0.2) is 6.10 Å². The number of unbranched alkanes of at least 4 members (excludes halogenated alkanes) is 54. The lowest BCUT2D eigenvalue weighted by Crippen LogP contribution is -2.29. The maximum absolute atomic E-state index is 12.8. The molecule has 0 bridgehead atoms. The Balaban J connectivity index is 3.73. The van der Waals surface area contributed by atoms with Crippen LogP contribution in [0.1, 0.15) is 438 Å². The average Bonchev–Trinajstić information content (AvgIpc) is 1.04. The van der Waals surface area contributed by atoms with Crippen molar-refractivity contribution in [2.24, 2.45) is 5.73 Å². The first kappa shape index (κ1) is 97.9. The first-order valence-electron chi connectivity index (χ1n) is 43.7. The number of phosphoric ester groups is 1. The van der Waals surface area contributed by atoms with Crippen molar-refractivity contribution in [1.29, 1.82) is 0 Å². The Morgan fingerprint density at radius 1 is 0.307 bits per heavy atom. The quantitative estimate of drug-likeness (QED) is 0.0264. The second-order valence-corrected chi connectivity index (χ2v) is 30.8. The van der Waals surface area contributed by atoms with Crippen LogP contribution in [0.2, 0.25) is 0 Å². The van der Waals surface area contributed by atoms with Crippen molar-refractivity contribution in [2.75, 3.05) is 26.4 Å². The van der Waals surface area contributed by atoms with Gasteiger partial charge in [0.2, 0.25) is 0 Å². The monoisotopic (exact) mass is 1430 g/mol. The molecule has 0 aliphatic rings. The number of hydrogen-bond donors (Lipinski definition) is 2. The molecule has 0 aromatic rings. The van der Waals surface area contributed by atoms with Crippen molar-refractivity contribution in [1.82, 2.24) is 0 Å². The van der Waals surface area contributed by atoms with Crippen LogP contribution in [0.25, 0.3) is 0 Å². The second-order valence-electron chi connectivity index (χ2n) is 29.4. The van der Waals surface area contributed by atoms with Crippen LogP contribution in [0.4, 0.5) is 0 Å². The molecule has 10 heteroatoms. The summed E-state index contributed by atoms with van der Waals surface area (Å²) in [4.78, 5) is 35.5. The molecule has 0 heterocycles. The highest BCUT2D eigenvalue weighted by atomic mass is 31.2. The minimum Gasteiger partial charge on any atom is -0.462 e. The van der Waals surface area contributed by atoms with E-state index in [0.29, 0.717) is 6.42 Å². The topological polar surface area (TPSA) is 134 Å². The smallest absolute Gasteiger partial charge is 0.462 e. The van der Waals surface area contributed by atoms with Gasteiger partial charge >= 0.3 is 19.8 Å². The van der Waals surface area contributed by atoms with E-state index in [2.05, 4.69) is 111 Å². The summed E-state index contributed by atoms with van der Waals surface area (Å²) >= 11 is 0. The zero-order valence-corrected chi connectivity index (χ0v) is 67.5. The van der Waals surface area contributed by atoms with Gasteiger partial charge < -0.3 is 20.1 Å². The van der Waals surface area contributed by atoms with Crippen LogP contribution < -0.4 is 5.73 Å². The van der Waals surface area contributed by atoms with Gasteiger partial charge in [-0.25, -0.2) is 4.57 Å². The summed E-state index contributed by atoms with van der Waals surface area (Å²) in [5.41, 5.74) is 5.42. The Hall–Kier alpha value is -3.07. The molecule has 0 aromatic carbocycles. The van der Waals surface area contributed by atoms with E-state index in [-0.39, 0.29) is 38.6 Å². The first-order valence-corrected chi connectivity index (χ1v) is 45.2. The number of rotatable bonds is 83. The van der Waals surface area contributed by atoms with Gasteiger partial charge in [-0.1, -0.05) is 426 Å². The van der Waals surface area contributed by atoms with E-state index in [1.807, 2.05) is 0 Å². The van der Waals surface area contributed by atoms with Crippen molar-refractivity contribution >= 4 is 19.8 Å². The summed E-state index contributed by atoms with van der Waals surface area (Å²) in [5.74, 6) is -0.804. The standard InChI is InChI=1S/C91H166NO8P/c1-3-5-7-9-11-13-15-17-19-21-23-25-27-29-31-33-35-37-39-41-43-44-46-48-50-52-54-56-58-60-62-64-66-68-70-72-74-76-78-80-82-84-91(94)100-89(88-99-101(95,96)98-86-85-92)87-97-90(93)83-81-79-77-75-73-71-69-67-65-63-61-59-57-55-53-51-49-47-45-42-40-38-36-34-32-30-28-26-24-22-20-18-16-14-12-10-8-6-4-2/h5,7,11,13,16-19,22-25,28-31,89H,3-4,6,8-10,12,14-15,20-21,26-27,32-88,92H2,1-2H3,(H,95,96)/b7-5-,13-11-,18-16-,19-17-,24-22-,25-23-,30-28-,31-29-. The van der Waals surface area contributed by atoms with Gasteiger partial charge in [-0.2, -0.15) is 0 Å². The zero-order valence-electron chi connectivity index (χ0n) is 66.6. The van der Waals surface area contributed by atoms with Gasteiger partial charge in [-0.15, -0.1) is 0 Å². The fourth-order valence-electron chi connectivity index (χ4n) is 13.0. The summed E-state index contributed by atoms with van der Waals surface area (Å²) in [6.45, 7) is 3.69. The lowest BCUT2D eigenvalue weighted by atomic mass is 10.0. The van der Waals surface area contributed by atoms with Crippen molar-refractivity contribution in [3.8, 4) is 0 Å². The fourth-order valence-corrected chi connectivity index (χ4v) is 13.8. The molecule has 0 saturated carbocycles. The average molecular weight is 1430 g/mol. The van der Waals surface area contributed by atoms with Gasteiger partial charge in [-0.3, -0.25) is 18.6 Å². The summed E-state index contributed by atoms with van der Waals surface area (Å²) in [6, 6.07) is 0. The number of nitrogens with two attached hydrogens (primary N) is 1. The molecule has 0 radical (unpaired) electrons. The van der Waals surface area contributed by atoms with Crippen molar-refractivity contribution in [3.05, 3.63) is 97.2 Å². The van der Waals surface area contributed by atoms with Crippen LogP contribution in [-0.4, -0.2) is 49.3 Å². The highest BCUT2D eigenvalue weighted by Gasteiger charge is 2.26. The Kier molecular flexibility index (Phi) is 83.2. The summed E-state index contributed by atoms with van der Waals surface area (Å²) in [6.07, 6.45) is 119. The molecule has 2 unspecified atom stereocenters. The van der Waals surface area contributed by atoms with E-state index in [0.717, 1.165) is 77.0 Å². The first-order chi connectivity index (χ1) is 49.8. The number of esters is 2. The van der Waals surface area contributed by atoms with Gasteiger partial charge in [0.25, 0.3) is 0 Å². The molecule has 0 saturated heterocycles. The van der Waals surface area contributed by atoms with E-state index in [4.69, 9.17) is 24.3 Å². The predicted molar refractivity (Wildman–Crippen MR) is 441 cm³/mol. The number of ether oxygens (including phenoxy) is 2. The third-order valence-electron chi connectivity index (χ3n) is 19.5. The molecule has 0 aliphatic heterocycles. The highest BCUT2D eigenvalue weighted by Crippen LogP contribution is 2.43. The molecule has 588 valence electrons. The largest absolute Gasteiger partial charge is 0.472 e. The molecule has 101 heavy (non-hydrogen) atoms. The van der Waals surface area contributed by atoms with Crippen molar-refractivity contribution in [2.45, 2.75) is 444 Å². The molecule has 0 aliphatic carbocycles. The number of hydrogen-bond acceptors (Lipinski definition) is 8. The highest BCUT2D eigenvalue weighted by molar-refractivity contribution is 7.47. The third kappa shape index (κ3) is 85.7. The minimum absolute atomic E-state index is 0.0545. The maximum atomic E-state index is 12.8. The summed E-state index contributed by atoms with van der Waals surface area (Å²) in [5, 5.41) is 0. The Bertz CT molecular complexity index is 1990. The zero-order chi connectivity index (χ0) is 72.9. The van der Waals surface area contributed by atoms with E-state index in [9.17, 15) is 19.0 Å². The molecule has 3 N–H and O–H groups in total. The molecular weight excluding hydrogens is 1270 g/mol. The van der Waals surface area contributed by atoms with Crippen molar-refractivity contribution in [3.63, 3.8) is 0 Å². The molecule has 2 atom stereocenters.